The predicted molar refractivity (Wildman–Crippen MR) is 89.4 cm³/mol. The van der Waals surface area contributed by atoms with Gasteiger partial charge in [-0.3, -0.25) is 9.48 Å². The molecule has 0 saturated heterocycles. The summed E-state index contributed by atoms with van der Waals surface area (Å²) in [5, 5.41) is 7.79. The standard InChI is InChI=1S/C16H18N4OS/c1-9-5-13-14(6-10(9)2)22-16(17-13)18-15(21)8-20-12(4)7-11(3)19-20/h5-7H,8H2,1-4H3,(H,17,18,21). The monoisotopic (exact) mass is 314 g/mol. The minimum Gasteiger partial charge on any atom is -0.300 e. The fourth-order valence-corrected chi connectivity index (χ4v) is 3.33. The molecule has 5 nitrogen and oxygen atoms in total. The third-order valence-corrected chi connectivity index (χ3v) is 4.58. The molecule has 0 saturated carbocycles. The van der Waals surface area contributed by atoms with Crippen LogP contribution in [-0.2, 0) is 11.3 Å². The highest BCUT2D eigenvalue weighted by Gasteiger charge is 2.11. The van der Waals surface area contributed by atoms with Crippen LogP contribution in [0, 0.1) is 27.7 Å². The Hall–Kier alpha value is -2.21. The molecule has 1 amide bonds. The van der Waals surface area contributed by atoms with Crippen molar-refractivity contribution in [3.63, 3.8) is 0 Å². The number of anilines is 1. The Morgan fingerprint density at radius 2 is 1.91 bits per heavy atom. The molecule has 114 valence electrons. The van der Waals surface area contributed by atoms with E-state index in [1.807, 2.05) is 19.9 Å². The van der Waals surface area contributed by atoms with Gasteiger partial charge in [0.15, 0.2) is 5.13 Å². The van der Waals surface area contributed by atoms with Crippen LogP contribution in [-0.4, -0.2) is 20.7 Å². The van der Waals surface area contributed by atoms with Gasteiger partial charge in [-0.15, -0.1) is 0 Å². The summed E-state index contributed by atoms with van der Waals surface area (Å²) in [7, 11) is 0. The summed E-state index contributed by atoms with van der Waals surface area (Å²) in [6, 6.07) is 6.12. The molecule has 0 fully saturated rings. The Balaban J connectivity index is 1.78. The van der Waals surface area contributed by atoms with Crippen molar-refractivity contribution in [2.45, 2.75) is 34.2 Å². The van der Waals surface area contributed by atoms with E-state index in [0.717, 1.165) is 21.6 Å². The largest absolute Gasteiger partial charge is 0.300 e. The van der Waals surface area contributed by atoms with Crippen LogP contribution in [0.15, 0.2) is 18.2 Å². The molecule has 0 atom stereocenters. The third kappa shape index (κ3) is 2.87. The Kier molecular flexibility index (Phi) is 3.70. The van der Waals surface area contributed by atoms with Gasteiger partial charge in [-0.1, -0.05) is 11.3 Å². The molecule has 0 unspecified atom stereocenters. The van der Waals surface area contributed by atoms with Gasteiger partial charge in [-0.05, 0) is 57.0 Å². The number of hydrogen-bond donors (Lipinski definition) is 1. The summed E-state index contributed by atoms with van der Waals surface area (Å²) in [5.74, 6) is -0.112. The normalized spacial score (nSPS) is 11.1. The van der Waals surface area contributed by atoms with Crippen molar-refractivity contribution >= 4 is 32.6 Å². The van der Waals surface area contributed by atoms with Gasteiger partial charge in [0.05, 0.1) is 15.9 Å². The summed E-state index contributed by atoms with van der Waals surface area (Å²) in [6.45, 7) is 8.20. The van der Waals surface area contributed by atoms with Crippen LogP contribution in [0.25, 0.3) is 10.2 Å². The first kappa shape index (κ1) is 14.7. The molecule has 2 aromatic heterocycles. The first-order valence-electron chi connectivity index (χ1n) is 7.11. The van der Waals surface area contributed by atoms with Gasteiger partial charge in [0.25, 0.3) is 0 Å². The van der Waals surface area contributed by atoms with Gasteiger partial charge in [0, 0.05) is 5.69 Å². The van der Waals surface area contributed by atoms with E-state index in [1.54, 1.807) is 4.68 Å². The molecular weight excluding hydrogens is 296 g/mol. The maximum atomic E-state index is 12.1. The Morgan fingerprint density at radius 1 is 1.18 bits per heavy atom. The Morgan fingerprint density at radius 3 is 2.59 bits per heavy atom. The lowest BCUT2D eigenvalue weighted by molar-refractivity contribution is -0.116. The van der Waals surface area contributed by atoms with Crippen LogP contribution in [0.5, 0.6) is 0 Å². The van der Waals surface area contributed by atoms with Crippen molar-refractivity contribution in [3.8, 4) is 0 Å². The highest BCUT2D eigenvalue weighted by molar-refractivity contribution is 7.22. The second-order valence-electron chi connectivity index (χ2n) is 5.56. The number of aryl methyl sites for hydroxylation is 4. The molecule has 6 heteroatoms. The van der Waals surface area contributed by atoms with Crippen molar-refractivity contribution in [1.82, 2.24) is 14.8 Å². The molecule has 3 aromatic rings. The van der Waals surface area contributed by atoms with Crippen LogP contribution in [0.4, 0.5) is 5.13 Å². The van der Waals surface area contributed by atoms with Gasteiger partial charge < -0.3 is 5.32 Å². The summed E-state index contributed by atoms with van der Waals surface area (Å²) in [4.78, 5) is 16.6. The van der Waals surface area contributed by atoms with Crippen LogP contribution < -0.4 is 5.32 Å². The first-order valence-corrected chi connectivity index (χ1v) is 7.93. The average molecular weight is 314 g/mol. The molecule has 0 bridgehead atoms. The second-order valence-corrected chi connectivity index (χ2v) is 6.59. The number of benzene rings is 1. The Bertz CT molecular complexity index is 824. The minimum atomic E-state index is -0.112. The highest BCUT2D eigenvalue weighted by atomic mass is 32.1. The number of fused-ring (bicyclic) bond motifs is 1. The zero-order chi connectivity index (χ0) is 15.9. The van der Waals surface area contributed by atoms with E-state index in [9.17, 15) is 4.79 Å². The van der Waals surface area contributed by atoms with Crippen molar-refractivity contribution in [2.24, 2.45) is 0 Å². The van der Waals surface area contributed by atoms with E-state index < -0.39 is 0 Å². The van der Waals surface area contributed by atoms with Crippen LogP contribution in [0.1, 0.15) is 22.5 Å². The van der Waals surface area contributed by atoms with Gasteiger partial charge >= 0.3 is 0 Å². The van der Waals surface area contributed by atoms with Crippen molar-refractivity contribution < 1.29 is 4.79 Å². The number of nitrogens with one attached hydrogen (secondary N) is 1. The Labute approximate surface area is 133 Å². The molecule has 0 aliphatic carbocycles. The number of aromatic nitrogens is 3. The van der Waals surface area contributed by atoms with Crippen LogP contribution in [0.2, 0.25) is 0 Å². The van der Waals surface area contributed by atoms with E-state index in [4.69, 9.17) is 0 Å². The van der Waals surface area contributed by atoms with Gasteiger partial charge in [-0.25, -0.2) is 4.98 Å². The van der Waals surface area contributed by atoms with E-state index in [-0.39, 0.29) is 12.5 Å². The number of thiazole rings is 1. The number of amides is 1. The molecule has 3 rings (SSSR count). The quantitative estimate of drug-likeness (QED) is 0.806. The van der Waals surface area contributed by atoms with E-state index in [0.29, 0.717) is 5.13 Å². The summed E-state index contributed by atoms with van der Waals surface area (Å²) in [5.41, 5.74) is 5.25. The maximum Gasteiger partial charge on any atom is 0.247 e. The van der Waals surface area contributed by atoms with Crippen molar-refractivity contribution in [3.05, 3.63) is 40.7 Å². The molecule has 2 heterocycles. The minimum absolute atomic E-state index is 0.112. The summed E-state index contributed by atoms with van der Waals surface area (Å²) in [6.07, 6.45) is 0. The average Bonchev–Trinajstić information content (AvgIpc) is 2.93. The number of rotatable bonds is 3. The number of carbonyl (C=O) groups is 1. The van der Waals surface area contributed by atoms with Crippen molar-refractivity contribution in [1.29, 1.82) is 0 Å². The van der Waals surface area contributed by atoms with E-state index in [2.05, 4.69) is 41.4 Å². The molecule has 0 spiro atoms. The highest BCUT2D eigenvalue weighted by Crippen LogP contribution is 2.28. The van der Waals surface area contributed by atoms with Crippen LogP contribution in [0.3, 0.4) is 0 Å². The SMILES string of the molecule is Cc1cc(C)n(CC(=O)Nc2nc3cc(C)c(C)cc3s2)n1. The zero-order valence-electron chi connectivity index (χ0n) is 13.1. The number of carbonyl (C=O) groups excluding carboxylic acids is 1. The molecular formula is C16H18N4OS. The maximum absolute atomic E-state index is 12.1. The fourth-order valence-electron chi connectivity index (χ4n) is 2.36. The first-order chi connectivity index (χ1) is 10.4. The van der Waals surface area contributed by atoms with Crippen molar-refractivity contribution in [2.75, 3.05) is 5.32 Å². The van der Waals surface area contributed by atoms with Crippen LogP contribution >= 0.6 is 11.3 Å². The lowest BCUT2D eigenvalue weighted by atomic mass is 10.1. The lowest BCUT2D eigenvalue weighted by Gasteiger charge is -2.03. The summed E-state index contributed by atoms with van der Waals surface area (Å²) >= 11 is 1.50. The molecule has 22 heavy (non-hydrogen) atoms. The predicted octanol–water partition coefficient (Wildman–Crippen LogP) is 3.37. The lowest BCUT2D eigenvalue weighted by Crippen LogP contribution is -2.20. The van der Waals surface area contributed by atoms with E-state index >= 15 is 0 Å². The second kappa shape index (κ2) is 5.53. The van der Waals surface area contributed by atoms with Gasteiger partial charge in [-0.2, -0.15) is 5.10 Å². The molecule has 0 aliphatic rings. The molecule has 0 aliphatic heterocycles. The molecule has 1 aromatic carbocycles. The number of nitrogens with zero attached hydrogens (tertiary/aromatic N) is 3. The smallest absolute Gasteiger partial charge is 0.247 e. The topological polar surface area (TPSA) is 59.8 Å². The van der Waals surface area contributed by atoms with Gasteiger partial charge in [0.1, 0.15) is 6.54 Å². The zero-order valence-corrected chi connectivity index (χ0v) is 13.9. The van der Waals surface area contributed by atoms with Gasteiger partial charge in [0.2, 0.25) is 5.91 Å². The number of hydrogen-bond acceptors (Lipinski definition) is 4. The van der Waals surface area contributed by atoms with E-state index in [1.165, 1.54) is 22.5 Å². The molecule has 1 N–H and O–H groups in total. The summed E-state index contributed by atoms with van der Waals surface area (Å²) < 4.78 is 2.79. The molecule has 0 radical (unpaired) electrons. The fraction of sp³-hybridized carbons (Fsp3) is 0.312. The third-order valence-electron chi connectivity index (χ3n) is 3.65.